The van der Waals surface area contributed by atoms with Gasteiger partial charge in [0, 0.05) is 33.4 Å². The van der Waals surface area contributed by atoms with E-state index in [4.69, 9.17) is 0 Å². The van der Waals surface area contributed by atoms with Gasteiger partial charge in [-0.3, -0.25) is 0 Å². The molecule has 288 valence electrons. The second-order valence-corrected chi connectivity index (χ2v) is 16.6. The van der Waals surface area contributed by atoms with Gasteiger partial charge < -0.3 is 9.47 Å². The van der Waals surface area contributed by atoms with Gasteiger partial charge in [-0.25, -0.2) is 0 Å². The number of anilines is 3. The van der Waals surface area contributed by atoms with Gasteiger partial charge in [-0.2, -0.15) is 0 Å². The number of aromatic nitrogens is 1. The first kappa shape index (κ1) is 36.9. The van der Waals surface area contributed by atoms with Crippen LogP contribution in [0, 0.1) is 0 Å². The number of hydrogen-bond donors (Lipinski definition) is 0. The Hall–Kier alpha value is -7.42. The maximum atomic E-state index is 2.45. The quantitative estimate of drug-likeness (QED) is 0.149. The zero-order chi connectivity index (χ0) is 40.6. The van der Waals surface area contributed by atoms with Crippen molar-refractivity contribution in [1.82, 2.24) is 4.57 Å². The fourth-order valence-corrected chi connectivity index (χ4v) is 8.69. The van der Waals surface area contributed by atoms with E-state index < -0.39 is 0 Å². The summed E-state index contributed by atoms with van der Waals surface area (Å²) in [6.07, 6.45) is 0. The van der Waals surface area contributed by atoms with Gasteiger partial charge in [0.25, 0.3) is 0 Å². The van der Waals surface area contributed by atoms with E-state index in [1.165, 1.54) is 66.3 Å². The van der Waals surface area contributed by atoms with Crippen molar-refractivity contribution >= 4 is 38.9 Å². The molecule has 0 saturated carbocycles. The molecule has 0 N–H and O–H groups in total. The molecule has 0 atom stereocenters. The van der Waals surface area contributed by atoms with Crippen LogP contribution in [0.4, 0.5) is 17.1 Å². The van der Waals surface area contributed by atoms with Crippen LogP contribution in [-0.2, 0) is 5.41 Å². The fourth-order valence-electron chi connectivity index (χ4n) is 8.69. The van der Waals surface area contributed by atoms with Crippen LogP contribution in [0.5, 0.6) is 0 Å². The molecular weight excluding hydrogens is 725 g/mol. The second kappa shape index (κ2) is 15.4. The summed E-state index contributed by atoms with van der Waals surface area (Å²) >= 11 is 0. The lowest BCUT2D eigenvalue weighted by Crippen LogP contribution is -2.10. The average Bonchev–Trinajstić information content (AvgIpc) is 3.65. The molecule has 60 heavy (non-hydrogen) atoms. The standard InChI is InChI=1S/C58H46N2/c1-58(2,3)47-33-25-46(26-34-47)52-21-14-24-56-57(52)53-20-11-13-23-55(53)60(56)54-22-12-10-19-51(54)45-31-39-50(40-32-45)59(48-35-27-43(28-36-48)41-15-6-4-7-16-41)49-37-29-44(30-38-49)42-17-8-5-9-18-42/h4-40H,1-3H3. The summed E-state index contributed by atoms with van der Waals surface area (Å²) < 4.78 is 2.45. The van der Waals surface area contributed by atoms with Crippen molar-refractivity contribution in [3.63, 3.8) is 0 Å². The Labute approximate surface area is 353 Å². The van der Waals surface area contributed by atoms with Crippen molar-refractivity contribution < 1.29 is 0 Å². The predicted octanol–water partition coefficient (Wildman–Crippen LogP) is 16.2. The molecule has 1 aromatic heterocycles. The fraction of sp³-hybridized carbons (Fsp3) is 0.0690. The second-order valence-electron chi connectivity index (χ2n) is 16.6. The topological polar surface area (TPSA) is 8.17 Å². The van der Waals surface area contributed by atoms with E-state index in [9.17, 15) is 0 Å². The summed E-state index contributed by atoms with van der Waals surface area (Å²) in [4.78, 5) is 2.35. The first-order valence-electron chi connectivity index (χ1n) is 20.8. The van der Waals surface area contributed by atoms with Crippen LogP contribution >= 0.6 is 0 Å². The molecule has 2 heteroatoms. The summed E-state index contributed by atoms with van der Waals surface area (Å²) in [5.41, 5.74) is 17.9. The Kier molecular flexibility index (Phi) is 9.47. The third-order valence-corrected chi connectivity index (χ3v) is 11.8. The molecule has 2 nitrogen and oxygen atoms in total. The van der Waals surface area contributed by atoms with Gasteiger partial charge in [0.05, 0.1) is 16.7 Å². The van der Waals surface area contributed by atoms with Gasteiger partial charge >= 0.3 is 0 Å². The summed E-state index contributed by atoms with van der Waals surface area (Å²) in [5, 5.41) is 2.52. The molecule has 0 spiro atoms. The lowest BCUT2D eigenvalue weighted by Gasteiger charge is -2.26. The Balaban J connectivity index is 1.06. The minimum atomic E-state index is 0.100. The third kappa shape index (κ3) is 6.86. The lowest BCUT2D eigenvalue weighted by molar-refractivity contribution is 0.590. The number of hydrogen-bond acceptors (Lipinski definition) is 1. The smallest absolute Gasteiger partial charge is 0.0547 e. The van der Waals surface area contributed by atoms with Crippen LogP contribution in [0.1, 0.15) is 26.3 Å². The molecule has 0 fully saturated rings. The van der Waals surface area contributed by atoms with Crippen LogP contribution in [0.25, 0.3) is 72.0 Å². The Morgan fingerprint density at radius 2 is 0.750 bits per heavy atom. The average molecular weight is 771 g/mol. The van der Waals surface area contributed by atoms with Gasteiger partial charge in [-0.1, -0.05) is 191 Å². The molecule has 0 aliphatic rings. The highest BCUT2D eigenvalue weighted by Crippen LogP contribution is 2.42. The van der Waals surface area contributed by atoms with Crippen molar-refractivity contribution in [2.24, 2.45) is 0 Å². The molecule has 10 rings (SSSR count). The summed E-state index contributed by atoms with van der Waals surface area (Å²) in [5.74, 6) is 0. The number of benzene rings is 9. The van der Waals surface area contributed by atoms with Crippen molar-refractivity contribution in [3.05, 3.63) is 230 Å². The van der Waals surface area contributed by atoms with E-state index in [0.717, 1.165) is 28.3 Å². The van der Waals surface area contributed by atoms with Crippen molar-refractivity contribution in [2.45, 2.75) is 26.2 Å². The lowest BCUT2D eigenvalue weighted by atomic mass is 9.86. The highest BCUT2D eigenvalue weighted by Gasteiger charge is 2.20. The van der Waals surface area contributed by atoms with E-state index in [-0.39, 0.29) is 5.41 Å². The number of para-hydroxylation sites is 2. The summed E-state index contributed by atoms with van der Waals surface area (Å²) in [6.45, 7) is 6.81. The predicted molar refractivity (Wildman–Crippen MR) is 256 cm³/mol. The Morgan fingerprint density at radius 1 is 0.333 bits per heavy atom. The Bertz CT molecular complexity index is 2980. The molecule has 0 saturated heterocycles. The molecular formula is C58H46N2. The van der Waals surface area contributed by atoms with E-state index in [0.29, 0.717) is 0 Å². The van der Waals surface area contributed by atoms with Crippen molar-refractivity contribution in [2.75, 3.05) is 4.90 Å². The Morgan fingerprint density at radius 3 is 1.32 bits per heavy atom. The van der Waals surface area contributed by atoms with Gasteiger partial charge in [-0.05, 0) is 105 Å². The zero-order valence-electron chi connectivity index (χ0n) is 34.3. The first-order valence-corrected chi connectivity index (χ1v) is 20.8. The van der Waals surface area contributed by atoms with Gasteiger partial charge in [0.1, 0.15) is 0 Å². The van der Waals surface area contributed by atoms with E-state index in [2.05, 4.69) is 255 Å². The molecule has 0 aliphatic heterocycles. The van der Waals surface area contributed by atoms with Gasteiger partial charge in [-0.15, -0.1) is 0 Å². The molecule has 0 aliphatic carbocycles. The number of fused-ring (bicyclic) bond motifs is 3. The molecule has 0 radical (unpaired) electrons. The zero-order valence-corrected chi connectivity index (χ0v) is 34.3. The highest BCUT2D eigenvalue weighted by molar-refractivity contribution is 6.16. The third-order valence-electron chi connectivity index (χ3n) is 11.8. The van der Waals surface area contributed by atoms with Gasteiger partial charge in [0.2, 0.25) is 0 Å². The van der Waals surface area contributed by atoms with Crippen LogP contribution in [0.2, 0.25) is 0 Å². The number of rotatable bonds is 8. The largest absolute Gasteiger partial charge is 0.311 e. The highest BCUT2D eigenvalue weighted by atomic mass is 15.1. The van der Waals surface area contributed by atoms with Crippen LogP contribution in [0.15, 0.2) is 224 Å². The van der Waals surface area contributed by atoms with Crippen LogP contribution < -0.4 is 4.90 Å². The minimum absolute atomic E-state index is 0.100. The molecule has 9 aromatic carbocycles. The van der Waals surface area contributed by atoms with E-state index in [1.54, 1.807) is 0 Å². The summed E-state index contributed by atoms with van der Waals surface area (Å²) in [7, 11) is 0. The minimum Gasteiger partial charge on any atom is -0.311 e. The molecule has 1 heterocycles. The maximum Gasteiger partial charge on any atom is 0.0547 e. The monoisotopic (exact) mass is 770 g/mol. The van der Waals surface area contributed by atoms with E-state index >= 15 is 0 Å². The normalized spacial score (nSPS) is 11.6. The maximum absolute atomic E-state index is 2.45. The van der Waals surface area contributed by atoms with E-state index in [1.807, 2.05) is 0 Å². The van der Waals surface area contributed by atoms with Crippen LogP contribution in [-0.4, -0.2) is 4.57 Å². The first-order chi connectivity index (χ1) is 29.4. The van der Waals surface area contributed by atoms with Crippen molar-refractivity contribution in [1.29, 1.82) is 0 Å². The molecule has 0 bridgehead atoms. The van der Waals surface area contributed by atoms with Gasteiger partial charge in [0.15, 0.2) is 0 Å². The molecule has 0 amide bonds. The number of nitrogens with zero attached hydrogens (tertiary/aromatic N) is 2. The molecule has 10 aromatic rings. The van der Waals surface area contributed by atoms with Crippen molar-refractivity contribution in [3.8, 4) is 50.2 Å². The van der Waals surface area contributed by atoms with Crippen LogP contribution in [0.3, 0.4) is 0 Å². The summed E-state index contributed by atoms with van der Waals surface area (Å²) in [6, 6.07) is 81.5. The SMILES string of the molecule is CC(C)(C)c1ccc(-c2cccc3c2c2ccccc2n3-c2ccccc2-c2ccc(N(c3ccc(-c4ccccc4)cc3)c3ccc(-c4ccccc4)cc3)cc2)cc1. The molecule has 0 unspecified atom stereocenters.